The third-order valence-corrected chi connectivity index (χ3v) is 17.3. The Morgan fingerprint density at radius 2 is 0.660 bits per heavy atom. The first-order chi connectivity index (χ1) is 45.1. The maximum absolute atomic E-state index is 13.2. The quantitative estimate of drug-likeness (QED) is 0.0413. The van der Waals surface area contributed by atoms with Crippen molar-refractivity contribution in [3.05, 3.63) is 124 Å². The molecule has 0 fully saturated rings. The number of nitrogens with two attached hydrogens (primary N) is 5. The van der Waals surface area contributed by atoms with Gasteiger partial charge in [-0.3, -0.25) is 0 Å². The average molecular weight is 1410 g/mol. The molecule has 8 rings (SSSR count). The summed E-state index contributed by atoms with van der Waals surface area (Å²) in [5.74, 6) is 4.98. The van der Waals surface area contributed by atoms with E-state index in [4.69, 9.17) is 66.0 Å². The number of methoxy groups -OCH3 is 4. The molecule has 34 heteroatoms. The van der Waals surface area contributed by atoms with Gasteiger partial charge in [0.1, 0.15) is 89.5 Å². The standard InChI is InChI=1S/C16H18F3N3O2.C16H22N4O4S.C16H21N3O4S.C15H20N4O4S/c1-8(2)10-5-13(23-4)11(16(17,18)19)6-12(10)24-14-7-21-9(3)22-15(14)20;1-9(2)11-6-13(23-5)15(25(21,22)18-4)7-12(11)24-14-8-19-10(3)20-16(14)17;1-9(2)11-6-13(22-4)15(24(5,20)21)7-12(11)23-14-8-18-10(3)19-16(14)17;1-8(2)10-5-12(22-4)14(24(17,20)21)6-11(10)23-13-7-18-9(3)19-15(13)16/h5-8H,1-4H3,(H2,20,21,22);6-9,18H,1-5H3,(H2,17,19,20);6-9H,1-5H3,(H2,17,18,19);5-8H,1-4H3,(H2,16,18,19)(H2,17,20,21). The Morgan fingerprint density at radius 3 is 0.907 bits per heavy atom. The van der Waals surface area contributed by atoms with Crippen LogP contribution in [0.15, 0.2) is 88.0 Å². The van der Waals surface area contributed by atoms with E-state index < -0.39 is 41.6 Å². The summed E-state index contributed by atoms with van der Waals surface area (Å²) in [5, 5.41) is 5.26. The van der Waals surface area contributed by atoms with Crippen molar-refractivity contribution in [1.29, 1.82) is 0 Å². The van der Waals surface area contributed by atoms with Gasteiger partial charge in [0.05, 0.1) is 53.2 Å². The summed E-state index contributed by atoms with van der Waals surface area (Å²) in [7, 11) is -4.46. The van der Waals surface area contributed by atoms with Crippen molar-refractivity contribution in [1.82, 2.24) is 44.6 Å². The van der Waals surface area contributed by atoms with Crippen LogP contribution in [0.4, 0.5) is 36.4 Å². The lowest BCUT2D eigenvalue weighted by atomic mass is 9.99. The van der Waals surface area contributed by atoms with Gasteiger partial charge >= 0.3 is 6.18 Å². The second-order valence-electron chi connectivity index (χ2n) is 22.4. The number of benzene rings is 4. The molecule has 0 atom stereocenters. The smallest absolute Gasteiger partial charge is 0.420 e. The molecule has 8 aromatic rings. The highest BCUT2D eigenvalue weighted by molar-refractivity contribution is 7.91. The summed E-state index contributed by atoms with van der Waals surface area (Å²) in [5.41, 5.74) is 25.2. The highest BCUT2D eigenvalue weighted by Crippen LogP contribution is 2.45. The molecule has 0 aliphatic carbocycles. The number of primary sulfonamides is 1. The number of sulfone groups is 1. The van der Waals surface area contributed by atoms with Gasteiger partial charge in [0.15, 0.2) is 56.1 Å². The maximum Gasteiger partial charge on any atom is 0.420 e. The zero-order valence-electron chi connectivity index (χ0n) is 56.8. The van der Waals surface area contributed by atoms with Crippen molar-refractivity contribution in [2.45, 2.75) is 128 Å². The molecule has 0 spiro atoms. The fourth-order valence-electron chi connectivity index (χ4n) is 8.80. The number of aryl methyl sites for hydroxylation is 4. The minimum Gasteiger partial charge on any atom is -0.496 e. The van der Waals surface area contributed by atoms with Gasteiger partial charge in [-0.15, -0.1) is 0 Å². The van der Waals surface area contributed by atoms with E-state index >= 15 is 0 Å². The summed E-state index contributed by atoms with van der Waals surface area (Å²) >= 11 is 0. The Balaban J connectivity index is 0.000000234. The van der Waals surface area contributed by atoms with E-state index in [0.717, 1.165) is 29.0 Å². The minimum absolute atomic E-state index is 0.0245. The van der Waals surface area contributed by atoms with E-state index in [-0.39, 0.29) is 113 Å². The Morgan fingerprint density at radius 1 is 0.402 bits per heavy atom. The summed E-state index contributed by atoms with van der Waals surface area (Å²) in [6.07, 6.45) is 2.23. The van der Waals surface area contributed by atoms with Crippen molar-refractivity contribution < 1.29 is 76.3 Å². The molecule has 97 heavy (non-hydrogen) atoms. The summed E-state index contributed by atoms with van der Waals surface area (Å²) in [4.78, 5) is 32.0. The number of hydrogen-bond donors (Lipinski definition) is 6. The lowest BCUT2D eigenvalue weighted by Gasteiger charge is -2.19. The molecular weight excluding hydrogens is 1330 g/mol. The lowest BCUT2D eigenvalue weighted by Crippen LogP contribution is -2.19. The molecule has 4 heterocycles. The molecule has 0 aliphatic rings. The molecule has 28 nitrogen and oxygen atoms in total. The zero-order chi connectivity index (χ0) is 73.0. The number of hydrogen-bond acceptors (Lipinski definition) is 26. The number of sulfonamides is 2. The fraction of sp³-hybridized carbons (Fsp3) is 0.365. The van der Waals surface area contributed by atoms with Crippen LogP contribution < -0.4 is 70.7 Å². The number of alkyl halides is 3. The van der Waals surface area contributed by atoms with Crippen LogP contribution in [0, 0.1) is 27.7 Å². The Labute approximate surface area is 562 Å². The molecule has 0 saturated heterocycles. The first-order valence-corrected chi connectivity index (χ1v) is 34.2. The van der Waals surface area contributed by atoms with Crippen molar-refractivity contribution in [3.8, 4) is 69.0 Å². The van der Waals surface area contributed by atoms with Crippen molar-refractivity contribution in [2.75, 3.05) is 64.7 Å². The van der Waals surface area contributed by atoms with Gasteiger partial charge in [0, 0.05) is 46.7 Å². The molecule has 0 aliphatic heterocycles. The van der Waals surface area contributed by atoms with E-state index in [1.807, 2.05) is 55.4 Å². The number of aromatic nitrogens is 8. The van der Waals surface area contributed by atoms with Gasteiger partial charge in [0.2, 0.25) is 20.0 Å². The minimum atomic E-state index is -4.58. The van der Waals surface area contributed by atoms with E-state index in [1.54, 1.807) is 45.9 Å². The number of rotatable bonds is 20. The van der Waals surface area contributed by atoms with Crippen molar-refractivity contribution in [3.63, 3.8) is 0 Å². The molecule has 11 N–H and O–H groups in total. The Bertz CT molecular complexity index is 4350. The topological polar surface area (TPSA) is 422 Å². The molecule has 0 saturated carbocycles. The van der Waals surface area contributed by atoms with E-state index in [0.29, 0.717) is 46.1 Å². The lowest BCUT2D eigenvalue weighted by molar-refractivity contribution is -0.138. The second-order valence-corrected chi connectivity index (χ2v) is 27.8. The van der Waals surface area contributed by atoms with E-state index in [9.17, 15) is 38.4 Å². The number of ether oxygens (including phenoxy) is 8. The van der Waals surface area contributed by atoms with Gasteiger partial charge in [-0.05, 0) is 88.7 Å². The van der Waals surface area contributed by atoms with E-state index in [2.05, 4.69) is 44.6 Å². The largest absolute Gasteiger partial charge is 0.496 e. The van der Waals surface area contributed by atoms with Gasteiger partial charge < -0.3 is 60.8 Å². The van der Waals surface area contributed by atoms with Crippen molar-refractivity contribution >= 4 is 53.2 Å². The predicted octanol–water partition coefficient (Wildman–Crippen LogP) is 11.1. The number of nitrogens with one attached hydrogen (secondary N) is 1. The fourth-order valence-corrected chi connectivity index (χ4v) is 11.2. The Kier molecular flexibility index (Phi) is 26.1. The highest BCUT2D eigenvalue weighted by atomic mass is 32.2. The zero-order valence-corrected chi connectivity index (χ0v) is 59.2. The third kappa shape index (κ3) is 20.4. The van der Waals surface area contributed by atoms with Gasteiger partial charge in [0.25, 0.3) is 0 Å². The highest BCUT2D eigenvalue weighted by Gasteiger charge is 2.36. The number of halogens is 3. The SMILES string of the molecule is CNS(=O)(=O)c1cc(Oc2cnc(C)nc2N)c(C(C)C)cc1OC.COc1cc(C(C)C)c(Oc2cnc(C)nc2N)cc1C(F)(F)F.COc1cc(C(C)C)c(Oc2cnc(C)nc2N)cc1S(C)(=O)=O.COc1cc(C(C)C)c(Oc2cnc(C)nc2N)cc1S(N)(=O)=O. The molecule has 526 valence electrons. The third-order valence-electron chi connectivity index (χ3n) is 13.8. The van der Waals surface area contributed by atoms with Crippen LogP contribution in [0.3, 0.4) is 0 Å². The van der Waals surface area contributed by atoms with Crippen LogP contribution in [0.1, 0.15) is 130 Å². The van der Waals surface area contributed by atoms with Crippen LogP contribution in [-0.2, 0) is 36.1 Å². The molecule has 0 radical (unpaired) electrons. The van der Waals surface area contributed by atoms with Gasteiger partial charge in [-0.1, -0.05) is 55.4 Å². The molecular formula is C63H81F3N14O14S3. The summed E-state index contributed by atoms with van der Waals surface area (Å²) in [6, 6.07) is 11.3. The van der Waals surface area contributed by atoms with Crippen LogP contribution in [0.25, 0.3) is 0 Å². The summed E-state index contributed by atoms with van der Waals surface area (Å²) < 4.78 is 158. The number of nitrogen functional groups attached to an aromatic ring is 4. The van der Waals surface area contributed by atoms with Crippen LogP contribution in [0.2, 0.25) is 0 Å². The van der Waals surface area contributed by atoms with Gasteiger partial charge in [-0.2, -0.15) is 13.2 Å². The normalized spacial score (nSPS) is 11.6. The number of nitrogens with zero attached hydrogens (tertiary/aromatic N) is 8. The first kappa shape index (κ1) is 78.1. The second kappa shape index (κ2) is 32.4. The number of anilines is 4. The maximum atomic E-state index is 13.2. The molecule has 4 aromatic heterocycles. The summed E-state index contributed by atoms with van der Waals surface area (Å²) in [6.45, 7) is 22.2. The van der Waals surface area contributed by atoms with Crippen LogP contribution in [-0.4, -0.2) is 107 Å². The van der Waals surface area contributed by atoms with E-state index in [1.165, 1.54) is 84.5 Å². The monoisotopic (exact) mass is 1410 g/mol. The first-order valence-electron chi connectivity index (χ1n) is 29.3. The van der Waals surface area contributed by atoms with Gasteiger partial charge in [-0.25, -0.2) is 75.0 Å². The average Bonchev–Trinajstić information content (AvgIpc) is 0.807. The van der Waals surface area contributed by atoms with Crippen molar-refractivity contribution in [2.24, 2.45) is 5.14 Å². The van der Waals surface area contributed by atoms with Crippen LogP contribution >= 0.6 is 0 Å². The Hall–Kier alpha value is -9.64. The molecule has 0 amide bonds. The molecule has 0 bridgehead atoms. The molecule has 4 aromatic carbocycles. The molecule has 0 unspecified atom stereocenters. The van der Waals surface area contributed by atoms with Crippen LogP contribution in [0.5, 0.6) is 69.0 Å². The predicted molar refractivity (Wildman–Crippen MR) is 359 cm³/mol.